The third-order valence-corrected chi connectivity index (χ3v) is 5.94. The molecule has 4 atom stereocenters. The normalized spacial score (nSPS) is 14.1. The van der Waals surface area contributed by atoms with Crippen molar-refractivity contribution in [2.75, 3.05) is 5.75 Å². The van der Waals surface area contributed by atoms with Gasteiger partial charge in [0, 0.05) is 29.3 Å². The fourth-order valence-electron chi connectivity index (χ4n) is 3.58. The van der Waals surface area contributed by atoms with Gasteiger partial charge in [-0.2, -0.15) is 12.6 Å². The number of hydrogen-bond acceptors (Lipinski definition) is 8. The summed E-state index contributed by atoms with van der Waals surface area (Å²) < 4.78 is 0. The molecule has 1 heterocycles. The molecule has 4 unspecified atom stereocenters. The summed E-state index contributed by atoms with van der Waals surface area (Å²) in [5.41, 5.74) is 12.6. The van der Waals surface area contributed by atoms with E-state index in [0.717, 1.165) is 16.5 Å². The van der Waals surface area contributed by atoms with Gasteiger partial charge in [0.15, 0.2) is 0 Å². The number of carboxylic acids is 2. The lowest BCUT2D eigenvalue weighted by Crippen LogP contribution is -2.58. The molecular weight excluding hydrogens is 520 g/mol. The van der Waals surface area contributed by atoms with Gasteiger partial charge in [0.1, 0.15) is 18.1 Å². The zero-order valence-corrected chi connectivity index (χ0v) is 21.1. The Labute approximate surface area is 222 Å². The van der Waals surface area contributed by atoms with E-state index in [9.17, 15) is 39.0 Å². The topological polar surface area (TPSA) is 247 Å². The van der Waals surface area contributed by atoms with Crippen molar-refractivity contribution in [3.8, 4) is 0 Å². The highest BCUT2D eigenvalue weighted by Crippen LogP contribution is 2.18. The van der Waals surface area contributed by atoms with Gasteiger partial charge in [0.2, 0.25) is 23.6 Å². The van der Waals surface area contributed by atoms with Gasteiger partial charge in [0.25, 0.3) is 0 Å². The highest BCUT2D eigenvalue weighted by molar-refractivity contribution is 7.80. The Bertz CT molecular complexity index is 1200. The second-order valence-corrected chi connectivity index (χ2v) is 8.84. The van der Waals surface area contributed by atoms with Crippen LogP contribution in [0.1, 0.15) is 24.8 Å². The lowest BCUT2D eigenvalue weighted by Gasteiger charge is -2.23. The van der Waals surface area contributed by atoms with Gasteiger partial charge in [-0.1, -0.05) is 18.2 Å². The molecule has 0 aliphatic rings. The van der Waals surface area contributed by atoms with Crippen LogP contribution in [0.3, 0.4) is 0 Å². The largest absolute Gasteiger partial charge is 0.481 e. The van der Waals surface area contributed by atoms with Gasteiger partial charge in [-0.25, -0.2) is 4.79 Å². The van der Waals surface area contributed by atoms with Gasteiger partial charge in [-0.3, -0.25) is 24.0 Å². The number of amides is 4. The molecule has 0 saturated heterocycles. The molecule has 0 saturated carbocycles. The van der Waals surface area contributed by atoms with Crippen molar-refractivity contribution >= 4 is 59.1 Å². The van der Waals surface area contributed by atoms with E-state index in [0.29, 0.717) is 0 Å². The minimum atomic E-state index is -1.59. The number of carbonyl (C=O) groups is 6. The first-order chi connectivity index (χ1) is 17.9. The van der Waals surface area contributed by atoms with Crippen molar-refractivity contribution in [3.05, 3.63) is 36.0 Å². The number of fused-ring (bicyclic) bond motifs is 1. The average molecular weight is 551 g/mol. The predicted molar refractivity (Wildman–Crippen MR) is 138 cm³/mol. The number of aliphatic carboxylic acids is 2. The molecule has 15 heteroatoms. The first-order valence-electron chi connectivity index (χ1n) is 11.5. The van der Waals surface area contributed by atoms with Crippen molar-refractivity contribution in [2.45, 2.75) is 49.9 Å². The third-order valence-electron chi connectivity index (χ3n) is 5.57. The number of para-hydroxylation sites is 1. The van der Waals surface area contributed by atoms with Crippen LogP contribution in [0.25, 0.3) is 10.9 Å². The Morgan fingerprint density at radius 2 is 1.53 bits per heavy atom. The van der Waals surface area contributed by atoms with Crippen LogP contribution in [0.5, 0.6) is 0 Å². The predicted octanol–water partition coefficient (Wildman–Crippen LogP) is -1.75. The Balaban J connectivity index is 2.06. The molecule has 0 spiro atoms. The number of primary amides is 1. The molecular formula is C23H30N6O8S. The van der Waals surface area contributed by atoms with Crippen molar-refractivity contribution in [1.82, 2.24) is 20.9 Å². The van der Waals surface area contributed by atoms with Crippen molar-refractivity contribution < 1.29 is 39.0 Å². The van der Waals surface area contributed by atoms with Gasteiger partial charge < -0.3 is 42.6 Å². The average Bonchev–Trinajstić information content (AvgIpc) is 3.26. The van der Waals surface area contributed by atoms with E-state index < -0.39 is 66.2 Å². The third kappa shape index (κ3) is 8.77. The van der Waals surface area contributed by atoms with Gasteiger partial charge >= 0.3 is 11.9 Å². The lowest BCUT2D eigenvalue weighted by atomic mass is 10.0. The molecule has 2 aromatic rings. The summed E-state index contributed by atoms with van der Waals surface area (Å²) in [6, 6.07) is 1.80. The molecule has 4 amide bonds. The number of aromatic amines is 1. The smallest absolute Gasteiger partial charge is 0.326 e. The van der Waals surface area contributed by atoms with Crippen LogP contribution in [0.15, 0.2) is 30.5 Å². The zero-order chi connectivity index (χ0) is 28.4. The Kier molecular flexibility index (Phi) is 11.1. The number of H-pyrrole nitrogens is 1. The first kappa shape index (κ1) is 30.1. The molecule has 1 aromatic carbocycles. The number of carboxylic acid groups (broad SMARTS) is 2. The summed E-state index contributed by atoms with van der Waals surface area (Å²) in [6.45, 7) is 0. The van der Waals surface area contributed by atoms with E-state index >= 15 is 0 Å². The summed E-state index contributed by atoms with van der Waals surface area (Å²) >= 11 is 3.98. The monoisotopic (exact) mass is 550 g/mol. The standard InChI is InChI=1S/C23H30N6O8S/c24-13(7-11-9-26-14-4-2-1-3-12(11)14)20(33)28-16(8-19(31)32)21(34)29-17(10-38)22(35)27-15(23(36)37)5-6-18(25)30/h1-4,9,13,15-17,26,38H,5-8,10,24H2,(H2,25,30)(H,27,35)(H,28,33)(H,29,34)(H,31,32)(H,36,37). The van der Waals surface area contributed by atoms with Crippen LogP contribution in [-0.2, 0) is 35.2 Å². The summed E-state index contributed by atoms with van der Waals surface area (Å²) in [6.07, 6.45) is 0.398. The molecule has 14 nitrogen and oxygen atoms in total. The van der Waals surface area contributed by atoms with E-state index in [4.69, 9.17) is 11.5 Å². The number of nitrogens with one attached hydrogen (secondary N) is 4. The number of hydrogen-bond donors (Lipinski definition) is 9. The maximum Gasteiger partial charge on any atom is 0.326 e. The molecule has 0 aliphatic carbocycles. The SMILES string of the molecule is NC(=O)CCC(NC(=O)C(CS)NC(=O)C(CC(=O)O)NC(=O)C(N)Cc1c[nH]c2ccccc12)C(=O)O. The Hall–Kier alpha value is -4.11. The highest BCUT2D eigenvalue weighted by atomic mass is 32.1. The van der Waals surface area contributed by atoms with Gasteiger partial charge in [-0.15, -0.1) is 0 Å². The molecule has 38 heavy (non-hydrogen) atoms. The fraction of sp³-hybridized carbons (Fsp3) is 0.391. The number of carbonyl (C=O) groups excluding carboxylic acids is 4. The summed E-state index contributed by atoms with van der Waals surface area (Å²) in [7, 11) is 0. The quantitative estimate of drug-likeness (QED) is 0.114. The van der Waals surface area contributed by atoms with E-state index in [1.807, 2.05) is 24.3 Å². The van der Waals surface area contributed by atoms with E-state index in [1.54, 1.807) is 6.20 Å². The fourth-order valence-corrected chi connectivity index (χ4v) is 3.83. The Morgan fingerprint density at radius 1 is 0.921 bits per heavy atom. The van der Waals surface area contributed by atoms with Crippen molar-refractivity contribution in [3.63, 3.8) is 0 Å². The Morgan fingerprint density at radius 3 is 2.13 bits per heavy atom. The summed E-state index contributed by atoms with van der Waals surface area (Å²) in [4.78, 5) is 74.8. The van der Waals surface area contributed by atoms with Crippen LogP contribution < -0.4 is 27.4 Å². The van der Waals surface area contributed by atoms with Gasteiger partial charge in [-0.05, 0) is 24.5 Å². The number of rotatable bonds is 15. The highest BCUT2D eigenvalue weighted by Gasteiger charge is 2.31. The van der Waals surface area contributed by atoms with Crippen molar-refractivity contribution in [2.24, 2.45) is 11.5 Å². The lowest BCUT2D eigenvalue weighted by molar-refractivity contribution is -0.143. The van der Waals surface area contributed by atoms with E-state index in [1.165, 1.54) is 0 Å². The molecule has 0 aliphatic heterocycles. The number of thiol groups is 1. The van der Waals surface area contributed by atoms with Crippen molar-refractivity contribution in [1.29, 1.82) is 0 Å². The maximum absolute atomic E-state index is 12.8. The van der Waals surface area contributed by atoms with E-state index in [-0.39, 0.29) is 25.0 Å². The maximum atomic E-state index is 12.8. The first-order valence-corrected chi connectivity index (χ1v) is 12.1. The summed E-state index contributed by atoms with van der Waals surface area (Å²) in [5.74, 6) is -6.63. The minimum absolute atomic E-state index is 0.0980. The van der Waals surface area contributed by atoms with Crippen LogP contribution in [-0.4, -0.2) is 80.7 Å². The molecule has 206 valence electrons. The minimum Gasteiger partial charge on any atom is -0.481 e. The van der Waals surface area contributed by atoms with Gasteiger partial charge in [0.05, 0.1) is 12.5 Å². The summed E-state index contributed by atoms with van der Waals surface area (Å²) in [5, 5.41) is 26.1. The van der Waals surface area contributed by atoms with Crippen LogP contribution in [0.2, 0.25) is 0 Å². The number of benzene rings is 1. The number of aromatic nitrogens is 1. The zero-order valence-electron chi connectivity index (χ0n) is 20.2. The molecule has 0 fully saturated rings. The van der Waals surface area contributed by atoms with E-state index in [2.05, 4.69) is 33.6 Å². The van der Waals surface area contributed by atoms with Crippen LogP contribution in [0.4, 0.5) is 0 Å². The second-order valence-electron chi connectivity index (χ2n) is 8.48. The van der Waals surface area contributed by atoms with Crippen LogP contribution in [0, 0.1) is 0 Å². The molecule has 0 radical (unpaired) electrons. The molecule has 10 N–H and O–H groups in total. The molecule has 1 aromatic heterocycles. The number of nitrogens with two attached hydrogens (primary N) is 2. The second kappa shape index (κ2) is 14.0. The molecule has 2 rings (SSSR count). The molecule has 0 bridgehead atoms. The van der Waals surface area contributed by atoms with Crippen LogP contribution >= 0.6 is 12.6 Å².